The van der Waals surface area contributed by atoms with Gasteiger partial charge in [-0.15, -0.1) is 0 Å². The summed E-state index contributed by atoms with van der Waals surface area (Å²) in [6.07, 6.45) is 0.549. The topological polar surface area (TPSA) is 76.9 Å². The predicted molar refractivity (Wildman–Crippen MR) is 117 cm³/mol. The van der Waals surface area contributed by atoms with Crippen molar-refractivity contribution in [2.45, 2.75) is 13.3 Å². The van der Waals surface area contributed by atoms with Crippen molar-refractivity contribution in [2.24, 2.45) is 0 Å². The number of halogens is 1. The Bertz CT molecular complexity index is 1280. The molecule has 1 amide bonds. The second-order valence-electron chi connectivity index (χ2n) is 6.89. The highest BCUT2D eigenvalue weighted by Gasteiger charge is 2.15. The van der Waals surface area contributed by atoms with Gasteiger partial charge in [0, 0.05) is 40.8 Å². The van der Waals surface area contributed by atoms with Crippen LogP contribution >= 0.6 is 11.6 Å². The molecule has 2 heterocycles. The molecule has 6 nitrogen and oxygen atoms in total. The Morgan fingerprint density at radius 1 is 1.07 bits per heavy atom. The summed E-state index contributed by atoms with van der Waals surface area (Å²) in [5.41, 5.74) is 2.54. The Morgan fingerprint density at radius 3 is 2.63 bits per heavy atom. The molecule has 1 N–H and O–H groups in total. The maximum Gasteiger partial charge on any atom is 0.275 e. The average Bonchev–Trinajstić information content (AvgIpc) is 2.74. The third-order valence-corrected chi connectivity index (χ3v) is 4.97. The monoisotopic (exact) mass is 418 g/mol. The standard InChI is InChI=1S/C23H19ClN4O2/c1-15-14-21(29)22(27-28(15)19-10-7-17(24)8-11-19)23(30)25-13-12-18-9-6-16-4-2-3-5-20(16)26-18/h2-11,14H,12-13H2,1H3,(H,25,30). The molecule has 30 heavy (non-hydrogen) atoms. The molecule has 0 aliphatic carbocycles. The number of nitrogens with one attached hydrogen (secondary N) is 1. The van der Waals surface area contributed by atoms with Crippen LogP contribution in [0.2, 0.25) is 5.02 Å². The summed E-state index contributed by atoms with van der Waals surface area (Å²) < 4.78 is 1.55. The van der Waals surface area contributed by atoms with E-state index in [-0.39, 0.29) is 5.69 Å². The molecule has 0 unspecified atom stereocenters. The smallest absolute Gasteiger partial charge is 0.275 e. The second kappa shape index (κ2) is 8.47. The van der Waals surface area contributed by atoms with Gasteiger partial charge >= 0.3 is 0 Å². The predicted octanol–water partition coefficient (Wildman–Crippen LogP) is 3.72. The number of carbonyl (C=O) groups excluding carboxylic acids is 1. The fourth-order valence-electron chi connectivity index (χ4n) is 3.18. The van der Waals surface area contributed by atoms with Gasteiger partial charge in [-0.1, -0.05) is 35.9 Å². The number of amides is 1. The Labute approximate surface area is 178 Å². The first kappa shape index (κ1) is 19.8. The highest BCUT2D eigenvalue weighted by molar-refractivity contribution is 6.30. The third kappa shape index (κ3) is 4.23. The minimum Gasteiger partial charge on any atom is -0.350 e. The van der Waals surface area contributed by atoms with Crippen molar-refractivity contribution in [1.82, 2.24) is 20.1 Å². The first-order valence-electron chi connectivity index (χ1n) is 9.51. The molecule has 2 aromatic heterocycles. The maximum atomic E-state index is 12.6. The molecule has 0 radical (unpaired) electrons. The molecule has 7 heteroatoms. The van der Waals surface area contributed by atoms with Gasteiger partial charge in [-0.3, -0.25) is 14.6 Å². The van der Waals surface area contributed by atoms with E-state index in [9.17, 15) is 9.59 Å². The largest absolute Gasteiger partial charge is 0.350 e. The molecule has 0 fully saturated rings. The van der Waals surface area contributed by atoms with Gasteiger partial charge in [0.1, 0.15) is 0 Å². The Hall–Kier alpha value is -3.51. The molecule has 0 aliphatic heterocycles. The Balaban J connectivity index is 1.49. The van der Waals surface area contributed by atoms with E-state index in [1.165, 1.54) is 6.07 Å². The number of rotatable bonds is 5. The van der Waals surface area contributed by atoms with Gasteiger partial charge in [0.15, 0.2) is 5.69 Å². The van der Waals surface area contributed by atoms with Crippen LogP contribution in [0.1, 0.15) is 21.9 Å². The van der Waals surface area contributed by atoms with E-state index < -0.39 is 11.3 Å². The maximum absolute atomic E-state index is 12.6. The molecule has 150 valence electrons. The van der Waals surface area contributed by atoms with Crippen molar-refractivity contribution in [3.8, 4) is 5.69 Å². The van der Waals surface area contributed by atoms with Crippen molar-refractivity contribution >= 4 is 28.4 Å². The number of aromatic nitrogens is 3. The Kier molecular flexibility index (Phi) is 5.59. The molecule has 4 rings (SSSR count). The minimum atomic E-state index is -0.511. The van der Waals surface area contributed by atoms with Crippen LogP contribution in [0.4, 0.5) is 0 Å². The number of hydrogen-bond donors (Lipinski definition) is 1. The number of hydrogen-bond acceptors (Lipinski definition) is 4. The van der Waals surface area contributed by atoms with Crippen LogP contribution in [-0.4, -0.2) is 27.2 Å². The summed E-state index contributed by atoms with van der Waals surface area (Å²) in [6.45, 7) is 2.11. The fourth-order valence-corrected chi connectivity index (χ4v) is 3.31. The van der Waals surface area contributed by atoms with Gasteiger partial charge in [0.2, 0.25) is 5.43 Å². The lowest BCUT2D eigenvalue weighted by Gasteiger charge is -2.11. The molecule has 0 atom stereocenters. The first-order chi connectivity index (χ1) is 14.5. The highest BCUT2D eigenvalue weighted by atomic mass is 35.5. The number of aryl methyl sites for hydroxylation is 1. The minimum absolute atomic E-state index is 0.151. The average molecular weight is 419 g/mol. The SMILES string of the molecule is Cc1cc(=O)c(C(=O)NCCc2ccc3ccccc3n2)nn1-c1ccc(Cl)cc1. The summed E-state index contributed by atoms with van der Waals surface area (Å²) in [5.74, 6) is -0.511. The summed E-state index contributed by atoms with van der Waals surface area (Å²) in [6, 6.07) is 20.2. The molecule has 0 spiro atoms. The molecule has 4 aromatic rings. The zero-order chi connectivity index (χ0) is 21.1. The zero-order valence-corrected chi connectivity index (χ0v) is 17.1. The van der Waals surface area contributed by atoms with Crippen molar-refractivity contribution in [3.63, 3.8) is 0 Å². The van der Waals surface area contributed by atoms with Crippen LogP contribution in [-0.2, 0) is 6.42 Å². The lowest BCUT2D eigenvalue weighted by molar-refractivity contribution is 0.0946. The van der Waals surface area contributed by atoms with E-state index in [4.69, 9.17) is 11.6 Å². The third-order valence-electron chi connectivity index (χ3n) is 4.72. The van der Waals surface area contributed by atoms with Crippen LogP contribution in [0.3, 0.4) is 0 Å². The number of nitrogens with zero attached hydrogens (tertiary/aromatic N) is 3. The lowest BCUT2D eigenvalue weighted by atomic mass is 10.2. The molecule has 2 aromatic carbocycles. The molecule has 0 saturated heterocycles. The van der Waals surface area contributed by atoms with Crippen molar-refractivity contribution in [1.29, 1.82) is 0 Å². The van der Waals surface area contributed by atoms with Gasteiger partial charge in [-0.25, -0.2) is 4.68 Å². The van der Waals surface area contributed by atoms with E-state index in [0.29, 0.717) is 29.4 Å². The zero-order valence-electron chi connectivity index (χ0n) is 16.3. The van der Waals surface area contributed by atoms with Crippen LogP contribution < -0.4 is 10.7 Å². The van der Waals surface area contributed by atoms with Gasteiger partial charge in [0.05, 0.1) is 11.2 Å². The van der Waals surface area contributed by atoms with E-state index in [0.717, 1.165) is 16.6 Å². The quantitative estimate of drug-likeness (QED) is 0.536. The number of benzene rings is 2. The van der Waals surface area contributed by atoms with Crippen molar-refractivity contribution in [2.75, 3.05) is 6.54 Å². The van der Waals surface area contributed by atoms with E-state index >= 15 is 0 Å². The van der Waals surface area contributed by atoms with Crippen LogP contribution in [0.5, 0.6) is 0 Å². The van der Waals surface area contributed by atoms with Gasteiger partial charge < -0.3 is 5.32 Å². The van der Waals surface area contributed by atoms with Crippen molar-refractivity contribution < 1.29 is 4.79 Å². The van der Waals surface area contributed by atoms with E-state index in [1.54, 1.807) is 35.9 Å². The number of para-hydroxylation sites is 1. The molecule has 0 bridgehead atoms. The second-order valence-corrected chi connectivity index (χ2v) is 7.32. The lowest BCUT2D eigenvalue weighted by Crippen LogP contribution is -2.33. The first-order valence-corrected chi connectivity index (χ1v) is 9.89. The summed E-state index contributed by atoms with van der Waals surface area (Å²) in [7, 11) is 0. The van der Waals surface area contributed by atoms with Crippen LogP contribution in [0.25, 0.3) is 16.6 Å². The normalized spacial score (nSPS) is 10.9. The number of pyridine rings is 1. The van der Waals surface area contributed by atoms with Gasteiger partial charge in [0.25, 0.3) is 5.91 Å². The van der Waals surface area contributed by atoms with E-state index in [1.807, 2.05) is 36.4 Å². The van der Waals surface area contributed by atoms with E-state index in [2.05, 4.69) is 15.4 Å². The number of carbonyl (C=O) groups is 1. The summed E-state index contributed by atoms with van der Waals surface area (Å²) >= 11 is 5.94. The van der Waals surface area contributed by atoms with Gasteiger partial charge in [-0.2, -0.15) is 5.10 Å². The molecule has 0 aliphatic rings. The highest BCUT2D eigenvalue weighted by Crippen LogP contribution is 2.14. The molecular weight excluding hydrogens is 400 g/mol. The van der Waals surface area contributed by atoms with Gasteiger partial charge in [-0.05, 0) is 43.3 Å². The van der Waals surface area contributed by atoms with Crippen LogP contribution in [0.15, 0.2) is 71.5 Å². The Morgan fingerprint density at radius 2 is 1.83 bits per heavy atom. The summed E-state index contributed by atoms with van der Waals surface area (Å²) in [5, 5.41) is 8.70. The fraction of sp³-hybridized carbons (Fsp3) is 0.130. The molecular formula is C23H19ClN4O2. The van der Waals surface area contributed by atoms with Crippen LogP contribution in [0, 0.1) is 6.92 Å². The van der Waals surface area contributed by atoms with Crippen molar-refractivity contribution in [3.05, 3.63) is 99.1 Å². The summed E-state index contributed by atoms with van der Waals surface area (Å²) in [4.78, 5) is 29.5. The molecule has 0 saturated carbocycles. The number of fused-ring (bicyclic) bond motifs is 1.